The predicted molar refractivity (Wildman–Crippen MR) is 288 cm³/mol. The number of nitrogens with one attached hydrogen (secondary N) is 1. The van der Waals surface area contributed by atoms with Gasteiger partial charge in [-0.1, -0.05) is 44.9 Å². The van der Waals surface area contributed by atoms with Crippen molar-refractivity contribution < 1.29 is 47.5 Å². The van der Waals surface area contributed by atoms with E-state index in [2.05, 4.69) is 47.4 Å². The molecule has 73 heavy (non-hydrogen) atoms. The maximum absolute atomic E-state index is 13.8. The number of methoxy groups -OCH3 is 2. The van der Waals surface area contributed by atoms with Gasteiger partial charge in [-0.25, -0.2) is 0 Å². The number of anilines is 1. The first-order valence-corrected chi connectivity index (χ1v) is 27.9. The molecule has 2 atom stereocenters. The molecule has 1 unspecified atom stereocenters. The van der Waals surface area contributed by atoms with Crippen molar-refractivity contribution in [2.75, 3.05) is 131 Å². The van der Waals surface area contributed by atoms with Crippen molar-refractivity contribution in [3.05, 3.63) is 82.2 Å². The van der Waals surface area contributed by atoms with Crippen molar-refractivity contribution in [3.8, 4) is 28.7 Å². The van der Waals surface area contributed by atoms with E-state index < -0.39 is 0 Å². The van der Waals surface area contributed by atoms with Gasteiger partial charge in [-0.2, -0.15) is 0 Å². The molecule has 19 heteroatoms. The summed E-state index contributed by atoms with van der Waals surface area (Å²) in [6, 6.07) is 10.8. The summed E-state index contributed by atoms with van der Waals surface area (Å²) in [5.74, 6) is 2.22. The summed E-state index contributed by atoms with van der Waals surface area (Å²) in [7, 11) is 6.75. The van der Waals surface area contributed by atoms with E-state index in [1.807, 2.05) is 58.9 Å². The number of morpholine rings is 1. The molecule has 396 valence electrons. The molecular formula is C54H73N7O10S2. The largest absolute Gasteiger partial charge is 0.493 e. The van der Waals surface area contributed by atoms with Crippen molar-refractivity contribution >= 4 is 51.0 Å². The Labute approximate surface area is 438 Å². The summed E-state index contributed by atoms with van der Waals surface area (Å²) in [4.78, 5) is 45.9. The van der Waals surface area contributed by atoms with E-state index in [1.54, 1.807) is 43.2 Å². The zero-order chi connectivity index (χ0) is 51.3. The molecule has 0 aliphatic carbocycles. The van der Waals surface area contributed by atoms with Gasteiger partial charge in [0.15, 0.2) is 23.0 Å². The van der Waals surface area contributed by atoms with Crippen LogP contribution in [0.5, 0.6) is 28.7 Å². The van der Waals surface area contributed by atoms with Crippen LogP contribution in [0.15, 0.2) is 64.7 Å². The second-order valence-electron chi connectivity index (χ2n) is 19.3. The lowest BCUT2D eigenvalue weighted by molar-refractivity contribution is 0.00544. The number of fused-ring (bicyclic) bond motifs is 4. The Morgan fingerprint density at radius 1 is 0.781 bits per heavy atom. The minimum absolute atomic E-state index is 0.0120. The zero-order valence-electron chi connectivity index (χ0n) is 43.6. The van der Waals surface area contributed by atoms with Crippen LogP contribution in [0.1, 0.15) is 72.6 Å². The number of hydrogen-bond acceptors (Lipinski definition) is 17. The molecule has 0 spiro atoms. The number of hydrogen-bond donors (Lipinski definition) is 1. The van der Waals surface area contributed by atoms with E-state index in [1.165, 1.54) is 11.1 Å². The van der Waals surface area contributed by atoms with Gasteiger partial charge in [-0.15, -0.1) is 0 Å². The molecule has 3 aromatic rings. The molecule has 3 fully saturated rings. The number of carbonyl (C=O) groups excluding carboxylic acids is 2. The van der Waals surface area contributed by atoms with Gasteiger partial charge < -0.3 is 53.0 Å². The summed E-state index contributed by atoms with van der Waals surface area (Å²) >= 11 is 0. The lowest BCUT2D eigenvalue weighted by atomic mass is 10.1. The van der Waals surface area contributed by atoms with Gasteiger partial charge in [0, 0.05) is 94.1 Å². The number of pyridine rings is 1. The number of carbonyl (C=O) groups is 2. The van der Waals surface area contributed by atoms with Crippen molar-refractivity contribution in [1.82, 2.24) is 24.6 Å². The van der Waals surface area contributed by atoms with Crippen molar-refractivity contribution in [1.29, 1.82) is 0 Å². The summed E-state index contributed by atoms with van der Waals surface area (Å²) in [5, 5.41) is 3.51. The second-order valence-corrected chi connectivity index (χ2v) is 22.4. The minimum Gasteiger partial charge on any atom is -0.493 e. The molecule has 3 saturated heterocycles. The van der Waals surface area contributed by atoms with Crippen LogP contribution in [0.25, 0.3) is 0 Å². The standard InChI is InChI=1S/C54H73N7O10S2/c1-8-37-22-41-30-55-46-28-50(48(64-5)26-44(46)52(62)60(41)32-37)70-34-39-24-43(69-19-14-59(36-54(3,4)73-72-7)13-18-68-21-20-67-17-12-58-10-15-66-16-11-58)25-40(57-39)35-71-51-29-47-45(27-49(51)65-6)53(63)61-33-38(9-2)23-42(61)31-56-47/h8-9,24-30,41-42,56H,10-23,31-36H2,1-7H3/b37-8+,38-9+/t41-,42?/m0/s1. The van der Waals surface area contributed by atoms with Crippen LogP contribution < -0.4 is 29.0 Å². The third-order valence-corrected chi connectivity index (χ3v) is 16.3. The molecular weight excluding hydrogens is 971 g/mol. The first kappa shape index (κ1) is 54.2. The molecule has 0 radical (unpaired) electrons. The smallest absolute Gasteiger partial charge is 0.257 e. The fourth-order valence-corrected chi connectivity index (χ4v) is 12.0. The van der Waals surface area contributed by atoms with Crippen LogP contribution in [0.3, 0.4) is 0 Å². The Kier molecular flexibility index (Phi) is 19.3. The number of rotatable bonds is 25. The molecule has 8 rings (SSSR count). The van der Waals surface area contributed by atoms with Crippen molar-refractivity contribution in [3.63, 3.8) is 0 Å². The fraction of sp³-hybridized carbons (Fsp3) is 0.556. The zero-order valence-corrected chi connectivity index (χ0v) is 45.2. The van der Waals surface area contributed by atoms with Crippen LogP contribution in [0, 0.1) is 0 Å². The topological polar surface area (TPSA) is 158 Å². The Morgan fingerprint density at radius 2 is 1.42 bits per heavy atom. The molecule has 5 aliphatic heterocycles. The first-order chi connectivity index (χ1) is 35.5. The van der Waals surface area contributed by atoms with E-state index in [0.29, 0.717) is 122 Å². The third kappa shape index (κ3) is 14.2. The molecule has 2 amide bonds. The molecule has 6 heterocycles. The van der Waals surface area contributed by atoms with Crippen molar-refractivity contribution in [2.45, 2.75) is 70.6 Å². The summed E-state index contributed by atoms with van der Waals surface area (Å²) in [5.41, 5.74) is 5.88. The van der Waals surface area contributed by atoms with Crippen molar-refractivity contribution in [2.24, 2.45) is 4.99 Å². The number of aliphatic imine (C=N–C) groups is 1. The van der Waals surface area contributed by atoms with Crippen LogP contribution >= 0.6 is 21.6 Å². The fourth-order valence-electron chi connectivity index (χ4n) is 9.80. The number of allylic oxidation sites excluding steroid dienone is 2. The first-order valence-electron chi connectivity index (χ1n) is 25.4. The van der Waals surface area contributed by atoms with Gasteiger partial charge in [0.1, 0.15) is 25.6 Å². The Morgan fingerprint density at radius 3 is 2.12 bits per heavy atom. The Bertz CT molecular complexity index is 2480. The highest BCUT2D eigenvalue weighted by atomic mass is 33.1. The summed E-state index contributed by atoms with van der Waals surface area (Å²) < 4.78 is 48.5. The highest BCUT2D eigenvalue weighted by molar-refractivity contribution is 8.77. The van der Waals surface area contributed by atoms with E-state index in [-0.39, 0.29) is 41.9 Å². The quantitative estimate of drug-likeness (QED) is 0.0503. The van der Waals surface area contributed by atoms with Crippen LogP contribution in [0.4, 0.5) is 11.4 Å². The van der Waals surface area contributed by atoms with Crippen LogP contribution in [-0.2, 0) is 27.4 Å². The lowest BCUT2D eigenvalue weighted by Gasteiger charge is -2.31. The average Bonchev–Trinajstić information content (AvgIpc) is 3.97. The van der Waals surface area contributed by atoms with E-state index in [9.17, 15) is 9.59 Å². The van der Waals surface area contributed by atoms with Gasteiger partial charge in [-0.05, 0) is 58.9 Å². The number of ether oxygens (including phenoxy) is 8. The number of amides is 2. The Balaban J connectivity index is 0.968. The molecule has 17 nitrogen and oxygen atoms in total. The maximum Gasteiger partial charge on any atom is 0.257 e. The third-order valence-electron chi connectivity index (χ3n) is 13.7. The minimum atomic E-state index is -0.106. The molecule has 5 aliphatic rings. The Hall–Kier alpha value is -5.02. The van der Waals surface area contributed by atoms with Crippen LogP contribution in [0.2, 0.25) is 0 Å². The second kappa shape index (κ2) is 26.0. The summed E-state index contributed by atoms with van der Waals surface area (Å²) in [6.45, 7) is 19.8. The average molecular weight is 1040 g/mol. The molecule has 0 saturated carbocycles. The van der Waals surface area contributed by atoms with Crippen LogP contribution in [-0.4, -0.2) is 185 Å². The van der Waals surface area contributed by atoms with E-state index in [0.717, 1.165) is 58.8 Å². The number of nitrogens with zero attached hydrogens (tertiary/aromatic N) is 6. The number of benzene rings is 2. The van der Waals surface area contributed by atoms with E-state index >= 15 is 0 Å². The highest BCUT2D eigenvalue weighted by Gasteiger charge is 2.37. The molecule has 1 N–H and O–H groups in total. The molecule has 0 bridgehead atoms. The van der Waals surface area contributed by atoms with Gasteiger partial charge in [-0.3, -0.25) is 29.4 Å². The van der Waals surface area contributed by atoms with Gasteiger partial charge in [0.05, 0.1) is 99.8 Å². The van der Waals surface area contributed by atoms with Gasteiger partial charge in [0.2, 0.25) is 0 Å². The monoisotopic (exact) mass is 1040 g/mol. The summed E-state index contributed by atoms with van der Waals surface area (Å²) in [6.07, 6.45) is 9.74. The highest BCUT2D eigenvalue weighted by Crippen LogP contribution is 2.41. The number of aromatic nitrogens is 1. The van der Waals surface area contributed by atoms with Gasteiger partial charge >= 0.3 is 0 Å². The lowest BCUT2D eigenvalue weighted by Crippen LogP contribution is -2.40. The maximum atomic E-state index is 13.8. The van der Waals surface area contributed by atoms with E-state index in [4.69, 9.17) is 47.9 Å². The van der Waals surface area contributed by atoms with Gasteiger partial charge in [0.25, 0.3) is 11.8 Å². The predicted octanol–water partition coefficient (Wildman–Crippen LogP) is 7.56. The molecule has 1 aromatic heterocycles. The SMILES string of the molecule is C/C=C1\CC2CNc3cc(OCc4cc(OCCN(CCOCCOCCN5CCOCC5)CC(C)(C)SSC)cc(COc5cc6c(cc5OC)C(=O)N5C/C(=C/C)C[C@H]5C=N6)n4)c(OC)cc3C(=O)N2C1. The molecule has 2 aromatic carbocycles. The normalized spacial score (nSPS) is 19.9.